The van der Waals surface area contributed by atoms with E-state index in [9.17, 15) is 14.7 Å². The fraction of sp³-hybridized carbons (Fsp3) is 0.385. The first kappa shape index (κ1) is 26.9. The van der Waals surface area contributed by atoms with Crippen LogP contribution in [0.2, 0.25) is 0 Å². The number of halogens is 2. The molecule has 188 valence electrons. The van der Waals surface area contributed by atoms with Gasteiger partial charge in [0.05, 0.1) is 32.0 Å². The van der Waals surface area contributed by atoms with Gasteiger partial charge in [0.2, 0.25) is 0 Å². The number of carbonyl (C=O) groups is 2. The quantitative estimate of drug-likeness (QED) is 0.398. The van der Waals surface area contributed by atoms with Crippen molar-refractivity contribution in [1.82, 2.24) is 5.32 Å². The monoisotopic (exact) mass is 521 g/mol. The summed E-state index contributed by atoms with van der Waals surface area (Å²) in [5.74, 6) is -0.447. The van der Waals surface area contributed by atoms with Crippen LogP contribution in [0.4, 0.5) is 0 Å². The summed E-state index contributed by atoms with van der Waals surface area (Å²) in [6, 6.07) is 10.0. The van der Waals surface area contributed by atoms with Gasteiger partial charge in [0.1, 0.15) is 22.0 Å². The first-order valence-electron chi connectivity index (χ1n) is 11.2. The number of carbonyl (C=O) groups excluding carboxylic acids is 1. The van der Waals surface area contributed by atoms with E-state index in [4.69, 9.17) is 37.4 Å². The molecule has 0 spiro atoms. The zero-order valence-electron chi connectivity index (χ0n) is 19.9. The van der Waals surface area contributed by atoms with Crippen LogP contribution in [0.1, 0.15) is 30.4 Å². The third-order valence-electron chi connectivity index (χ3n) is 6.12. The molecule has 1 fully saturated rings. The normalized spacial score (nSPS) is 14.0. The average Bonchev–Trinajstić information content (AvgIpc) is 2.80. The fourth-order valence-electron chi connectivity index (χ4n) is 4.10. The molecule has 35 heavy (non-hydrogen) atoms. The third-order valence-corrected chi connectivity index (χ3v) is 6.53. The molecule has 9 heteroatoms. The lowest BCUT2D eigenvalue weighted by molar-refractivity contribution is -0.141. The number of amides is 1. The van der Waals surface area contributed by atoms with Crippen LogP contribution in [0.5, 0.6) is 11.5 Å². The van der Waals surface area contributed by atoms with E-state index in [0.29, 0.717) is 18.1 Å². The fourth-order valence-corrected chi connectivity index (χ4v) is 4.58. The van der Waals surface area contributed by atoms with Crippen molar-refractivity contribution >= 4 is 35.1 Å². The summed E-state index contributed by atoms with van der Waals surface area (Å²) >= 11 is 11.9. The summed E-state index contributed by atoms with van der Waals surface area (Å²) in [6.45, 7) is 0.417. The Bertz CT molecular complexity index is 1070. The van der Waals surface area contributed by atoms with E-state index in [1.54, 1.807) is 21.3 Å². The van der Waals surface area contributed by atoms with Gasteiger partial charge in [0.25, 0.3) is 5.91 Å². The van der Waals surface area contributed by atoms with Gasteiger partial charge < -0.3 is 24.6 Å². The lowest BCUT2D eigenvalue weighted by Crippen LogP contribution is -2.44. The molecule has 0 bridgehead atoms. The summed E-state index contributed by atoms with van der Waals surface area (Å²) in [6.07, 6.45) is 2.71. The molecule has 0 radical (unpaired) electrons. The van der Waals surface area contributed by atoms with Gasteiger partial charge in [-0.05, 0) is 47.6 Å². The van der Waals surface area contributed by atoms with E-state index in [2.05, 4.69) is 5.32 Å². The number of rotatable bonds is 11. The molecule has 1 saturated carbocycles. The molecule has 0 heterocycles. The van der Waals surface area contributed by atoms with E-state index in [-0.39, 0.29) is 22.4 Å². The SMILES string of the molecule is COCc1cc(OC)c(-c2ccc(C[C@H](NC(=O)C(=C(Cl)Cl)C3CCC3)C(=O)O)cc2)c(OC)c1. The number of carboxylic acids is 1. The molecule has 7 nitrogen and oxygen atoms in total. The predicted octanol–water partition coefficient (Wildman–Crippen LogP) is 5.12. The number of methoxy groups -OCH3 is 3. The molecule has 0 aliphatic heterocycles. The Morgan fingerprint density at radius 3 is 2.06 bits per heavy atom. The van der Waals surface area contributed by atoms with Gasteiger partial charge in [0.15, 0.2) is 0 Å². The van der Waals surface area contributed by atoms with Crippen molar-refractivity contribution < 1.29 is 28.9 Å². The van der Waals surface area contributed by atoms with Crippen LogP contribution >= 0.6 is 23.2 Å². The van der Waals surface area contributed by atoms with Crippen LogP contribution < -0.4 is 14.8 Å². The van der Waals surface area contributed by atoms with Gasteiger partial charge in [0, 0.05) is 13.5 Å². The Morgan fingerprint density at radius 2 is 1.63 bits per heavy atom. The van der Waals surface area contributed by atoms with Crippen molar-refractivity contribution in [3.05, 3.63) is 57.6 Å². The van der Waals surface area contributed by atoms with Crippen molar-refractivity contribution in [3.8, 4) is 22.6 Å². The van der Waals surface area contributed by atoms with E-state index >= 15 is 0 Å². The minimum absolute atomic E-state index is 0.0334. The molecule has 1 atom stereocenters. The molecule has 2 aromatic rings. The molecule has 0 unspecified atom stereocenters. The van der Waals surface area contributed by atoms with Crippen LogP contribution in [0.3, 0.4) is 0 Å². The van der Waals surface area contributed by atoms with Gasteiger partial charge in [-0.15, -0.1) is 0 Å². The highest BCUT2D eigenvalue weighted by Gasteiger charge is 2.31. The minimum Gasteiger partial charge on any atom is -0.496 e. The Balaban J connectivity index is 1.81. The minimum atomic E-state index is -1.14. The molecule has 0 aromatic heterocycles. The van der Waals surface area contributed by atoms with Gasteiger partial charge >= 0.3 is 5.97 Å². The highest BCUT2D eigenvalue weighted by atomic mass is 35.5. The highest BCUT2D eigenvalue weighted by Crippen LogP contribution is 2.40. The molecule has 1 aliphatic carbocycles. The first-order chi connectivity index (χ1) is 16.8. The zero-order valence-corrected chi connectivity index (χ0v) is 21.4. The Hall–Kier alpha value is -2.74. The second-order valence-electron chi connectivity index (χ2n) is 8.38. The van der Waals surface area contributed by atoms with Crippen LogP contribution in [-0.2, 0) is 27.4 Å². The summed E-state index contributed by atoms with van der Waals surface area (Å²) in [7, 11) is 4.79. The smallest absolute Gasteiger partial charge is 0.326 e. The standard InChI is InChI=1S/C26H29Cl2NO6/c1-33-14-16-12-20(34-2)22(21(13-16)35-3)18-9-7-15(8-10-18)11-19(26(31)32)29-25(30)23(24(27)28)17-5-4-6-17/h7-10,12-13,17,19H,4-6,11,14H2,1-3H3,(H,29,30)(H,31,32)/t19-/m0/s1. The van der Waals surface area contributed by atoms with E-state index in [0.717, 1.165) is 41.5 Å². The second kappa shape index (κ2) is 12.3. The molecule has 2 N–H and O–H groups in total. The predicted molar refractivity (Wildman–Crippen MR) is 135 cm³/mol. The van der Waals surface area contributed by atoms with Gasteiger partial charge in [-0.3, -0.25) is 4.79 Å². The van der Waals surface area contributed by atoms with Gasteiger partial charge in [-0.2, -0.15) is 0 Å². The van der Waals surface area contributed by atoms with Gasteiger partial charge in [-0.25, -0.2) is 4.79 Å². The van der Waals surface area contributed by atoms with Gasteiger partial charge in [-0.1, -0.05) is 53.9 Å². The van der Waals surface area contributed by atoms with Crippen molar-refractivity contribution in [2.24, 2.45) is 5.92 Å². The molecular weight excluding hydrogens is 493 g/mol. The molecular formula is C26H29Cl2NO6. The maximum Gasteiger partial charge on any atom is 0.326 e. The Labute approximate surface area is 215 Å². The lowest BCUT2D eigenvalue weighted by Gasteiger charge is -2.28. The molecule has 3 rings (SSSR count). The molecule has 2 aromatic carbocycles. The van der Waals surface area contributed by atoms with E-state index < -0.39 is 17.9 Å². The van der Waals surface area contributed by atoms with Crippen molar-refractivity contribution in [1.29, 1.82) is 0 Å². The number of ether oxygens (including phenoxy) is 3. The number of hydrogen-bond acceptors (Lipinski definition) is 5. The number of nitrogens with one attached hydrogen (secondary N) is 1. The van der Waals surface area contributed by atoms with Crippen LogP contribution in [0.25, 0.3) is 11.1 Å². The molecule has 1 aliphatic rings. The average molecular weight is 522 g/mol. The van der Waals surface area contributed by atoms with E-state index in [1.165, 1.54) is 0 Å². The van der Waals surface area contributed by atoms with Crippen LogP contribution in [0, 0.1) is 5.92 Å². The molecule has 1 amide bonds. The second-order valence-corrected chi connectivity index (χ2v) is 9.32. The third kappa shape index (κ3) is 6.48. The number of carboxylic acid groups (broad SMARTS) is 1. The lowest BCUT2D eigenvalue weighted by atomic mass is 9.80. The maximum absolute atomic E-state index is 12.7. The largest absolute Gasteiger partial charge is 0.496 e. The summed E-state index contributed by atoms with van der Waals surface area (Å²) < 4.78 is 16.3. The zero-order chi connectivity index (χ0) is 25.5. The van der Waals surface area contributed by atoms with Crippen molar-refractivity contribution in [3.63, 3.8) is 0 Å². The van der Waals surface area contributed by atoms with E-state index in [1.807, 2.05) is 36.4 Å². The number of aliphatic carboxylic acids is 1. The summed E-state index contributed by atoms with van der Waals surface area (Å²) in [4.78, 5) is 24.6. The summed E-state index contributed by atoms with van der Waals surface area (Å²) in [5, 5.41) is 12.3. The summed E-state index contributed by atoms with van der Waals surface area (Å²) in [5.41, 5.74) is 3.52. The number of benzene rings is 2. The Kier molecular flexibility index (Phi) is 9.43. The maximum atomic E-state index is 12.7. The van der Waals surface area contributed by atoms with Crippen LogP contribution in [0.15, 0.2) is 46.5 Å². The number of hydrogen-bond donors (Lipinski definition) is 2. The topological polar surface area (TPSA) is 94.1 Å². The first-order valence-corrected chi connectivity index (χ1v) is 12.0. The highest BCUT2D eigenvalue weighted by molar-refractivity contribution is 6.57. The van der Waals surface area contributed by atoms with Crippen LogP contribution in [-0.4, -0.2) is 44.4 Å². The molecule has 0 saturated heterocycles. The van der Waals surface area contributed by atoms with Crippen molar-refractivity contribution in [2.75, 3.05) is 21.3 Å². The Morgan fingerprint density at radius 1 is 1.03 bits per heavy atom. The van der Waals surface area contributed by atoms with Crippen molar-refractivity contribution in [2.45, 2.75) is 38.3 Å².